The molecule has 2 heterocycles. The number of amides is 8. The van der Waals surface area contributed by atoms with E-state index >= 15 is 4.79 Å². The van der Waals surface area contributed by atoms with Gasteiger partial charge in [0.15, 0.2) is 6.04 Å². The summed E-state index contributed by atoms with van der Waals surface area (Å²) >= 11 is 8.54. The average Bonchev–Trinajstić information content (AvgIpc) is 1.79. The highest BCUT2D eigenvalue weighted by Crippen LogP contribution is 2.20. The zero-order valence-electron chi connectivity index (χ0n) is 55.1. The van der Waals surface area contributed by atoms with Crippen LogP contribution < -0.4 is 48.3 Å². The second-order valence-corrected chi connectivity index (χ2v) is 24.8. The molecule has 3 aromatic carbocycles. The second kappa shape index (κ2) is 41.6. The van der Waals surface area contributed by atoms with E-state index < -0.39 is 151 Å². The van der Waals surface area contributed by atoms with Gasteiger partial charge in [0, 0.05) is 100 Å². The number of carbonyl (C=O) groups excluding carboxylic acids is 8. The number of hydrogen-bond donors (Lipinski definition) is 18. The van der Waals surface area contributed by atoms with E-state index in [1.165, 1.54) is 6.92 Å². The van der Waals surface area contributed by atoms with Gasteiger partial charge < -0.3 is 83.9 Å². The van der Waals surface area contributed by atoms with Crippen molar-refractivity contribution in [2.45, 2.75) is 113 Å². The van der Waals surface area contributed by atoms with Crippen LogP contribution in [-0.2, 0) is 76.8 Å². The van der Waals surface area contributed by atoms with E-state index in [0.29, 0.717) is 34.0 Å². The van der Waals surface area contributed by atoms with Crippen LogP contribution in [0.1, 0.15) is 49.8 Å². The summed E-state index contributed by atoms with van der Waals surface area (Å²) in [6.45, 7) is 1.96. The topological polar surface area (TPSA) is 477 Å². The van der Waals surface area contributed by atoms with E-state index in [4.69, 9.17) is 5.73 Å². The highest BCUT2D eigenvalue weighted by atomic mass is 32.1. The number of benzene rings is 3. The molecular weight excluding hydrogens is 1330 g/mol. The van der Waals surface area contributed by atoms with Crippen LogP contribution in [0.15, 0.2) is 91.1 Å². The summed E-state index contributed by atoms with van der Waals surface area (Å²) in [5.41, 5.74) is 8.20. The van der Waals surface area contributed by atoms with Gasteiger partial charge in [-0.1, -0.05) is 78.9 Å². The molecule has 1 fully saturated rings. The van der Waals surface area contributed by atoms with Crippen LogP contribution in [0.2, 0.25) is 0 Å². The quantitative estimate of drug-likeness (QED) is 0.0152. The molecule has 34 heteroatoms. The molecule has 0 bridgehead atoms. The first kappa shape index (κ1) is 80.9. The molecule has 32 nitrogen and oxygen atoms in total. The Morgan fingerprint density at radius 3 is 1.24 bits per heavy atom. The molecule has 17 N–H and O–H groups in total. The number of aliphatic carboxylic acids is 4. The number of carboxylic acids is 4. The van der Waals surface area contributed by atoms with Crippen molar-refractivity contribution in [3.63, 3.8) is 0 Å². The molecule has 1 saturated heterocycles. The summed E-state index contributed by atoms with van der Waals surface area (Å²) in [7, 11) is 0. The van der Waals surface area contributed by atoms with Crippen molar-refractivity contribution in [1.29, 1.82) is 0 Å². The van der Waals surface area contributed by atoms with Crippen LogP contribution in [0, 0.1) is 0 Å². The third kappa shape index (κ3) is 27.8. The van der Waals surface area contributed by atoms with Crippen molar-refractivity contribution in [2.75, 3.05) is 96.6 Å². The molecule has 1 aromatic heterocycles. The fourth-order valence-electron chi connectivity index (χ4n) is 10.9. The maximum absolute atomic E-state index is 15.0. The minimum atomic E-state index is -1.78. The number of H-pyrrole nitrogens is 1. The molecule has 0 saturated carbocycles. The number of fused-ring (bicyclic) bond motifs is 1. The Kier molecular flexibility index (Phi) is 34.0. The van der Waals surface area contributed by atoms with E-state index in [0.717, 1.165) is 6.92 Å². The zero-order chi connectivity index (χ0) is 72.7. The predicted octanol–water partition coefficient (Wildman–Crippen LogP) is -3.62. The summed E-state index contributed by atoms with van der Waals surface area (Å²) in [5.74, 6) is -13.1. The number of aromatic nitrogens is 1. The highest BCUT2D eigenvalue weighted by molar-refractivity contribution is 7.80. The van der Waals surface area contributed by atoms with E-state index in [9.17, 15) is 83.4 Å². The third-order valence-corrected chi connectivity index (χ3v) is 17.0. The van der Waals surface area contributed by atoms with Gasteiger partial charge in [-0.2, -0.15) is 25.3 Å². The van der Waals surface area contributed by atoms with Gasteiger partial charge >= 0.3 is 23.9 Å². The fourth-order valence-corrected chi connectivity index (χ4v) is 11.4. The van der Waals surface area contributed by atoms with Gasteiger partial charge in [-0.25, -0.2) is 4.79 Å². The van der Waals surface area contributed by atoms with Crippen molar-refractivity contribution < 1.29 is 88.2 Å². The van der Waals surface area contributed by atoms with Gasteiger partial charge in [0.1, 0.15) is 42.3 Å². The van der Waals surface area contributed by atoms with Crippen molar-refractivity contribution >= 4 is 107 Å². The molecule has 0 aliphatic carbocycles. The number of carboxylic acid groups (broad SMARTS) is 4. The minimum Gasteiger partial charge on any atom is -0.480 e. The number of aromatic amines is 1. The molecule has 0 unspecified atom stereocenters. The van der Waals surface area contributed by atoms with Gasteiger partial charge in [-0.05, 0) is 62.4 Å². The summed E-state index contributed by atoms with van der Waals surface area (Å²) in [5, 5.41) is 80.5. The standard InChI is InChI=1S/C65H92N14O18S2/c1-39(80)56(64(95)73-51(38-99)63(94)75-57(40(2)81)65(96)97)74-58(89)46(19-11-12-20-66)69-61(92)49(31-43-32-67-45-18-10-9-17-44(43)45)71-60(91)48(30-42-15-7-4-8-16-42)70-62(93)50(37-98)72-59(90)47(29-41-13-5-3-6-14-41)68-52(82)33-76-21-23-77(34-53(83)84)25-27-79(36-55(87)88)28-26-78(24-22-76)35-54(85)86/h3-10,13-18,32,39-40,46-51,56-57,67,80-81,98-99H,11-12,19-31,33-38,66H2,1-2H3,(H,68,82)(H,69,92)(H,70,93)(H,71,91)(H,72,90)(H,73,95)(H,74,89)(H,75,94)(H,83,84)(H,85,86)(H,87,88)(H,96,97)/t39-,40-,46+,47-,48+,49-,50+,51+,56+,57+/m1/s1. The molecule has 8 amide bonds. The average molecular weight is 1420 g/mol. The Morgan fingerprint density at radius 2 is 0.808 bits per heavy atom. The summed E-state index contributed by atoms with van der Waals surface area (Å²) in [6.07, 6.45) is -1.50. The number of hydrogen-bond acceptors (Lipinski definition) is 21. The Balaban J connectivity index is 1.41. The monoisotopic (exact) mass is 1420 g/mol. The lowest BCUT2D eigenvalue weighted by Gasteiger charge is -2.33. The molecule has 4 aromatic rings. The Bertz CT molecular complexity index is 3320. The number of thiol groups is 2. The SMILES string of the molecule is C[C@@H](O)[C@H](NC(=O)[C@H](CS)NC(=O)[C@@H](NC(=O)[C@H](CCCCN)NC(=O)[C@@H](Cc1c[nH]c2ccccc12)NC(=O)[C@H](Cc1ccccc1)NC(=O)[C@H](CS)NC(=O)[C@@H](Cc1ccccc1)NC(=O)CN1CCN(CC(=O)O)CCN(CC(=O)O)CCN(CC(=O)O)CC1)[C@@H](C)O)C(=O)O. The first-order valence-electron chi connectivity index (χ1n) is 32.3. The molecule has 1 aliphatic rings. The van der Waals surface area contributed by atoms with Gasteiger partial charge in [0.05, 0.1) is 38.4 Å². The largest absolute Gasteiger partial charge is 0.480 e. The molecule has 0 spiro atoms. The lowest BCUT2D eigenvalue weighted by molar-refractivity contribution is -0.145. The van der Waals surface area contributed by atoms with Gasteiger partial charge in [0.2, 0.25) is 47.3 Å². The van der Waals surface area contributed by atoms with Crippen LogP contribution in [0.3, 0.4) is 0 Å². The number of nitrogens with two attached hydrogens (primary N) is 1. The number of unbranched alkanes of at least 4 members (excludes halogenated alkanes) is 1. The van der Waals surface area contributed by atoms with Crippen LogP contribution in [0.25, 0.3) is 10.9 Å². The Labute approximate surface area is 583 Å². The minimum absolute atomic E-state index is 0.0864. The van der Waals surface area contributed by atoms with Crippen LogP contribution >= 0.6 is 25.3 Å². The molecule has 0 radical (unpaired) electrons. The Hall–Kier alpha value is -8.74. The van der Waals surface area contributed by atoms with E-state index in [1.54, 1.807) is 111 Å². The van der Waals surface area contributed by atoms with Gasteiger partial charge in [-0.15, -0.1) is 0 Å². The van der Waals surface area contributed by atoms with E-state index in [1.807, 2.05) is 0 Å². The number of rotatable bonds is 38. The van der Waals surface area contributed by atoms with Gasteiger partial charge in [0.25, 0.3) is 0 Å². The lowest BCUT2D eigenvalue weighted by Crippen LogP contribution is -2.62. The Morgan fingerprint density at radius 1 is 0.444 bits per heavy atom. The zero-order valence-corrected chi connectivity index (χ0v) is 56.9. The van der Waals surface area contributed by atoms with Crippen LogP contribution in [0.5, 0.6) is 0 Å². The molecule has 99 heavy (non-hydrogen) atoms. The van der Waals surface area contributed by atoms with E-state index in [-0.39, 0.29) is 110 Å². The number of nitrogens with one attached hydrogen (secondary N) is 9. The van der Waals surface area contributed by atoms with Crippen molar-refractivity contribution in [2.24, 2.45) is 5.73 Å². The number of nitrogens with zero attached hydrogens (tertiary/aromatic N) is 4. The van der Waals surface area contributed by atoms with Crippen molar-refractivity contribution in [1.82, 2.24) is 67.1 Å². The molecule has 5 rings (SSSR count). The second-order valence-electron chi connectivity index (χ2n) is 24.1. The number of carbonyl (C=O) groups is 12. The maximum Gasteiger partial charge on any atom is 0.328 e. The smallest absolute Gasteiger partial charge is 0.328 e. The first-order valence-corrected chi connectivity index (χ1v) is 33.6. The highest BCUT2D eigenvalue weighted by Gasteiger charge is 2.37. The molecule has 1 aliphatic heterocycles. The summed E-state index contributed by atoms with van der Waals surface area (Å²) in [6, 6.07) is 11.9. The number of aliphatic hydroxyl groups excluding tert-OH is 2. The predicted molar refractivity (Wildman–Crippen MR) is 368 cm³/mol. The summed E-state index contributed by atoms with van der Waals surface area (Å²) in [4.78, 5) is 172. The van der Waals surface area contributed by atoms with Crippen LogP contribution in [-0.4, -0.2) is 283 Å². The first-order chi connectivity index (χ1) is 47.2. The normalized spacial score (nSPS) is 16.7. The van der Waals surface area contributed by atoms with E-state index in [2.05, 4.69) is 72.8 Å². The summed E-state index contributed by atoms with van der Waals surface area (Å²) < 4.78 is 0. The number of aliphatic hydroxyl groups is 2. The van der Waals surface area contributed by atoms with Crippen LogP contribution in [0.4, 0.5) is 0 Å². The van der Waals surface area contributed by atoms with Gasteiger partial charge in [-0.3, -0.25) is 72.3 Å². The molecular formula is C65H92N14O18S2. The molecule has 542 valence electrons. The lowest BCUT2D eigenvalue weighted by atomic mass is 10.0. The third-order valence-electron chi connectivity index (χ3n) is 16.3. The fraction of sp³-hybridized carbons (Fsp3) is 0.508. The maximum atomic E-state index is 15.0. The van der Waals surface area contributed by atoms with Crippen molar-refractivity contribution in [3.05, 3.63) is 108 Å². The van der Waals surface area contributed by atoms with Crippen molar-refractivity contribution in [3.8, 4) is 0 Å². The molecule has 10 atom stereocenters. The number of para-hydroxylation sites is 1.